The summed E-state index contributed by atoms with van der Waals surface area (Å²) in [6.07, 6.45) is 0. The molecule has 3 aromatic rings. The highest BCUT2D eigenvalue weighted by Crippen LogP contribution is 2.25. The maximum atomic E-state index is 5.40. The second-order valence-corrected chi connectivity index (χ2v) is 5.18. The maximum Gasteiger partial charge on any atom is 0.200 e. The van der Waals surface area contributed by atoms with E-state index in [1.54, 1.807) is 0 Å². The molecule has 0 amide bonds. The van der Waals surface area contributed by atoms with Crippen LogP contribution in [0.25, 0.3) is 17.1 Å². The fourth-order valence-corrected chi connectivity index (χ4v) is 2.57. The van der Waals surface area contributed by atoms with E-state index in [1.807, 2.05) is 28.8 Å². The van der Waals surface area contributed by atoms with E-state index in [1.165, 1.54) is 11.1 Å². The lowest BCUT2D eigenvalue weighted by molar-refractivity contribution is 1.02. The number of aryl methyl sites for hydroxylation is 2. The van der Waals surface area contributed by atoms with Gasteiger partial charge in [-0.3, -0.25) is 9.67 Å². The maximum absolute atomic E-state index is 5.40. The highest BCUT2D eigenvalue weighted by molar-refractivity contribution is 7.71. The first-order valence-electron chi connectivity index (χ1n) is 6.48. The van der Waals surface area contributed by atoms with Gasteiger partial charge < -0.3 is 0 Å². The molecule has 100 valence electrons. The molecule has 0 fully saturated rings. The van der Waals surface area contributed by atoms with Crippen LogP contribution in [-0.4, -0.2) is 14.8 Å². The third-order valence-corrected chi connectivity index (χ3v) is 3.69. The Morgan fingerprint density at radius 1 is 0.950 bits per heavy atom. The summed E-state index contributed by atoms with van der Waals surface area (Å²) in [5.41, 5.74) is 4.49. The van der Waals surface area contributed by atoms with Gasteiger partial charge in [0.05, 0.1) is 5.69 Å². The Morgan fingerprint density at radius 2 is 1.60 bits per heavy atom. The van der Waals surface area contributed by atoms with E-state index in [0.717, 1.165) is 17.1 Å². The van der Waals surface area contributed by atoms with Crippen LogP contribution in [0.15, 0.2) is 48.5 Å². The Balaban J connectivity index is 2.29. The van der Waals surface area contributed by atoms with E-state index in [9.17, 15) is 0 Å². The molecule has 0 bridgehead atoms. The van der Waals surface area contributed by atoms with Crippen molar-refractivity contribution >= 4 is 12.2 Å². The zero-order valence-electron chi connectivity index (χ0n) is 11.4. The van der Waals surface area contributed by atoms with Gasteiger partial charge in [-0.2, -0.15) is 5.10 Å². The van der Waals surface area contributed by atoms with E-state index < -0.39 is 0 Å². The van der Waals surface area contributed by atoms with Crippen molar-refractivity contribution in [3.63, 3.8) is 0 Å². The fourth-order valence-electron chi connectivity index (χ4n) is 2.34. The van der Waals surface area contributed by atoms with Crippen LogP contribution in [0.5, 0.6) is 0 Å². The van der Waals surface area contributed by atoms with Crippen molar-refractivity contribution in [2.24, 2.45) is 0 Å². The predicted molar refractivity (Wildman–Crippen MR) is 83.7 cm³/mol. The van der Waals surface area contributed by atoms with Crippen LogP contribution in [-0.2, 0) is 0 Å². The lowest BCUT2D eigenvalue weighted by Crippen LogP contribution is -2.00. The first-order valence-corrected chi connectivity index (χ1v) is 6.89. The van der Waals surface area contributed by atoms with Crippen LogP contribution in [0, 0.1) is 18.6 Å². The van der Waals surface area contributed by atoms with Crippen LogP contribution in [0.1, 0.15) is 11.1 Å². The van der Waals surface area contributed by atoms with Gasteiger partial charge in [0.2, 0.25) is 0 Å². The molecule has 0 spiro atoms. The second-order valence-electron chi connectivity index (χ2n) is 4.79. The Morgan fingerprint density at radius 3 is 2.30 bits per heavy atom. The monoisotopic (exact) mass is 281 g/mol. The molecule has 0 saturated heterocycles. The molecule has 0 unspecified atom stereocenters. The number of hydrogen-bond acceptors (Lipinski definition) is 2. The van der Waals surface area contributed by atoms with Crippen molar-refractivity contribution < 1.29 is 0 Å². The lowest BCUT2D eigenvalue weighted by atomic mass is 10.1. The number of nitrogens with one attached hydrogen (secondary N) is 1. The molecule has 1 aromatic heterocycles. The summed E-state index contributed by atoms with van der Waals surface area (Å²) in [4.78, 5) is 0. The number of aromatic amines is 1. The molecule has 0 radical (unpaired) electrons. The summed E-state index contributed by atoms with van der Waals surface area (Å²) >= 11 is 5.40. The number of aromatic nitrogens is 3. The van der Waals surface area contributed by atoms with Crippen molar-refractivity contribution in [1.29, 1.82) is 0 Å². The van der Waals surface area contributed by atoms with Gasteiger partial charge in [-0.25, -0.2) is 0 Å². The molecule has 4 heteroatoms. The molecule has 0 aliphatic heterocycles. The molecule has 3 rings (SSSR count). The molecule has 2 aromatic carbocycles. The lowest BCUT2D eigenvalue weighted by Gasteiger charge is -2.11. The van der Waals surface area contributed by atoms with Crippen LogP contribution >= 0.6 is 12.2 Å². The molecule has 1 heterocycles. The summed E-state index contributed by atoms with van der Waals surface area (Å²) in [6.45, 7) is 4.15. The van der Waals surface area contributed by atoms with Crippen LogP contribution < -0.4 is 0 Å². The minimum absolute atomic E-state index is 0.609. The summed E-state index contributed by atoms with van der Waals surface area (Å²) in [5.74, 6) is 0.849. The zero-order valence-corrected chi connectivity index (χ0v) is 12.2. The Labute approximate surface area is 122 Å². The number of nitrogens with zero attached hydrogens (tertiary/aromatic N) is 2. The number of rotatable bonds is 2. The molecule has 0 aliphatic rings. The Kier molecular flexibility index (Phi) is 3.24. The standard InChI is InChI=1S/C16H15N3S/c1-11-7-3-5-9-13(11)15-17-18-16(20)19(15)14-10-6-4-8-12(14)2/h3-10H,1-2H3,(H,18,20). The van der Waals surface area contributed by atoms with Crippen molar-refractivity contribution in [3.05, 3.63) is 64.4 Å². The average Bonchev–Trinajstić information content (AvgIpc) is 2.82. The molecule has 0 saturated carbocycles. The van der Waals surface area contributed by atoms with Gasteiger partial charge in [-0.1, -0.05) is 42.5 Å². The van der Waals surface area contributed by atoms with E-state index in [-0.39, 0.29) is 0 Å². The summed E-state index contributed by atoms with van der Waals surface area (Å²) in [7, 11) is 0. The van der Waals surface area contributed by atoms with Crippen molar-refractivity contribution in [2.75, 3.05) is 0 Å². The van der Waals surface area contributed by atoms with Crippen molar-refractivity contribution in [1.82, 2.24) is 14.8 Å². The number of hydrogen-bond donors (Lipinski definition) is 1. The molecule has 0 atom stereocenters. The SMILES string of the molecule is Cc1ccccc1-c1n[nH]c(=S)n1-c1ccccc1C. The zero-order chi connectivity index (χ0) is 14.1. The molecule has 3 nitrogen and oxygen atoms in total. The molecule has 1 N–H and O–H groups in total. The summed E-state index contributed by atoms with van der Waals surface area (Å²) in [6, 6.07) is 16.4. The summed E-state index contributed by atoms with van der Waals surface area (Å²) in [5, 5.41) is 7.31. The highest BCUT2D eigenvalue weighted by atomic mass is 32.1. The van der Waals surface area contributed by atoms with Crippen LogP contribution in [0.2, 0.25) is 0 Å². The van der Waals surface area contributed by atoms with Crippen LogP contribution in [0.4, 0.5) is 0 Å². The molecular weight excluding hydrogens is 266 g/mol. The Bertz CT molecular complexity index is 814. The predicted octanol–water partition coefficient (Wildman–Crippen LogP) is 4.21. The fraction of sp³-hybridized carbons (Fsp3) is 0.125. The third-order valence-electron chi connectivity index (χ3n) is 3.41. The minimum atomic E-state index is 0.609. The topological polar surface area (TPSA) is 33.6 Å². The number of benzene rings is 2. The summed E-state index contributed by atoms with van der Waals surface area (Å²) < 4.78 is 2.60. The smallest absolute Gasteiger partial charge is 0.200 e. The number of para-hydroxylation sites is 1. The average molecular weight is 281 g/mol. The van der Waals surface area contributed by atoms with E-state index in [0.29, 0.717) is 4.77 Å². The minimum Gasteiger partial charge on any atom is -0.268 e. The van der Waals surface area contributed by atoms with E-state index in [4.69, 9.17) is 12.2 Å². The van der Waals surface area contributed by atoms with Gasteiger partial charge in [0.1, 0.15) is 0 Å². The quantitative estimate of drug-likeness (QED) is 0.714. The highest BCUT2D eigenvalue weighted by Gasteiger charge is 2.13. The normalized spacial score (nSPS) is 10.7. The van der Waals surface area contributed by atoms with Gasteiger partial charge in [0.15, 0.2) is 10.6 Å². The van der Waals surface area contributed by atoms with Gasteiger partial charge in [-0.15, -0.1) is 0 Å². The van der Waals surface area contributed by atoms with Crippen molar-refractivity contribution in [3.8, 4) is 17.1 Å². The van der Waals surface area contributed by atoms with Gasteiger partial charge >= 0.3 is 0 Å². The first-order chi connectivity index (χ1) is 9.68. The van der Waals surface area contributed by atoms with Gasteiger partial charge in [-0.05, 0) is 43.3 Å². The van der Waals surface area contributed by atoms with E-state index >= 15 is 0 Å². The third kappa shape index (κ3) is 2.08. The van der Waals surface area contributed by atoms with Crippen LogP contribution in [0.3, 0.4) is 0 Å². The van der Waals surface area contributed by atoms with Crippen molar-refractivity contribution in [2.45, 2.75) is 13.8 Å². The largest absolute Gasteiger partial charge is 0.268 e. The second kappa shape index (κ2) is 5.06. The molecule has 0 aliphatic carbocycles. The van der Waals surface area contributed by atoms with E-state index in [2.05, 4.69) is 48.3 Å². The first kappa shape index (κ1) is 12.8. The molecular formula is C16H15N3S. The Hall–Kier alpha value is -2.20. The van der Waals surface area contributed by atoms with Gasteiger partial charge in [0, 0.05) is 5.56 Å². The molecule has 20 heavy (non-hydrogen) atoms. The van der Waals surface area contributed by atoms with Gasteiger partial charge in [0.25, 0.3) is 0 Å². The number of H-pyrrole nitrogens is 1.